The van der Waals surface area contributed by atoms with E-state index < -0.39 is 6.04 Å². The summed E-state index contributed by atoms with van der Waals surface area (Å²) in [6.07, 6.45) is 2.55. The van der Waals surface area contributed by atoms with Crippen LogP contribution < -0.4 is 5.73 Å². The van der Waals surface area contributed by atoms with Crippen LogP contribution in [0.4, 0.5) is 0 Å². The number of hydrogen-bond acceptors (Lipinski definition) is 5. The van der Waals surface area contributed by atoms with Crippen LogP contribution in [0.3, 0.4) is 0 Å². The zero-order valence-corrected chi connectivity index (χ0v) is 11.7. The van der Waals surface area contributed by atoms with Gasteiger partial charge in [0.25, 0.3) is 0 Å². The summed E-state index contributed by atoms with van der Waals surface area (Å²) in [6.45, 7) is 6.38. The van der Waals surface area contributed by atoms with Gasteiger partial charge in [-0.05, 0) is 32.6 Å². The lowest BCUT2D eigenvalue weighted by molar-refractivity contribution is -0.145. The van der Waals surface area contributed by atoms with Gasteiger partial charge >= 0.3 is 5.97 Å². The van der Waals surface area contributed by atoms with E-state index in [4.69, 9.17) is 15.2 Å². The molecular formula is C13H26N2O3. The van der Waals surface area contributed by atoms with E-state index in [1.165, 1.54) is 12.8 Å². The molecule has 0 aromatic heterocycles. The van der Waals surface area contributed by atoms with Crippen LogP contribution in [0.1, 0.15) is 26.7 Å². The molecule has 1 aliphatic rings. The van der Waals surface area contributed by atoms with Gasteiger partial charge in [0.1, 0.15) is 6.04 Å². The van der Waals surface area contributed by atoms with Crippen molar-refractivity contribution >= 4 is 5.97 Å². The molecule has 2 N–H and O–H groups in total. The van der Waals surface area contributed by atoms with Crippen molar-refractivity contribution in [2.45, 2.75) is 38.8 Å². The summed E-state index contributed by atoms with van der Waals surface area (Å²) in [5.41, 5.74) is 5.88. The smallest absolute Gasteiger partial charge is 0.324 e. The number of carbonyl (C=O) groups is 1. The number of methoxy groups -OCH3 is 1. The quantitative estimate of drug-likeness (QED) is 0.614. The highest BCUT2D eigenvalue weighted by atomic mass is 16.5. The number of nitrogens with two attached hydrogens (primary N) is 1. The summed E-state index contributed by atoms with van der Waals surface area (Å²) in [5.74, 6) is 0.430. The van der Waals surface area contributed by atoms with Gasteiger partial charge < -0.3 is 15.2 Å². The summed E-state index contributed by atoms with van der Waals surface area (Å²) in [5, 5.41) is 0. The molecule has 0 radical (unpaired) electrons. The van der Waals surface area contributed by atoms with Crippen molar-refractivity contribution in [1.82, 2.24) is 4.90 Å². The molecule has 0 amide bonds. The minimum atomic E-state index is -0.567. The van der Waals surface area contributed by atoms with Gasteiger partial charge in [0, 0.05) is 26.2 Å². The minimum Gasteiger partial charge on any atom is -0.465 e. The van der Waals surface area contributed by atoms with Crippen LogP contribution in [0.5, 0.6) is 0 Å². The zero-order valence-electron chi connectivity index (χ0n) is 11.7. The lowest BCUT2D eigenvalue weighted by Crippen LogP contribution is -2.48. The van der Waals surface area contributed by atoms with E-state index in [0.29, 0.717) is 25.8 Å². The zero-order chi connectivity index (χ0) is 13.5. The molecule has 1 rings (SSSR count). The van der Waals surface area contributed by atoms with Crippen molar-refractivity contribution in [2.75, 3.05) is 33.4 Å². The summed E-state index contributed by atoms with van der Waals surface area (Å²) in [4.78, 5) is 13.8. The molecule has 0 heterocycles. The Morgan fingerprint density at radius 1 is 1.50 bits per heavy atom. The predicted octanol–water partition coefficient (Wildman–Crippen LogP) is 0.624. The average Bonchev–Trinajstić information content (AvgIpc) is 3.17. The van der Waals surface area contributed by atoms with Gasteiger partial charge in [-0.3, -0.25) is 9.69 Å². The fraction of sp³-hybridized carbons (Fsp3) is 0.923. The fourth-order valence-electron chi connectivity index (χ4n) is 2.12. The standard InChI is InChI=1S/C13H26N2O3/c1-4-18-13(16)12(14)9-15(7-8-17-3)10(2)11-5-6-11/h10-12H,4-9,14H2,1-3H3. The van der Waals surface area contributed by atoms with Gasteiger partial charge in [0.2, 0.25) is 0 Å². The lowest BCUT2D eigenvalue weighted by atomic mass is 10.1. The van der Waals surface area contributed by atoms with E-state index in [1.807, 2.05) is 0 Å². The molecule has 1 aliphatic carbocycles. The number of rotatable bonds is 9. The Kier molecular flexibility index (Phi) is 6.60. The van der Waals surface area contributed by atoms with Crippen molar-refractivity contribution in [3.8, 4) is 0 Å². The van der Waals surface area contributed by atoms with E-state index in [-0.39, 0.29) is 5.97 Å². The molecule has 0 aliphatic heterocycles. The Labute approximate surface area is 110 Å². The first-order valence-electron chi connectivity index (χ1n) is 6.75. The largest absolute Gasteiger partial charge is 0.465 e. The Hall–Kier alpha value is -0.650. The van der Waals surface area contributed by atoms with E-state index >= 15 is 0 Å². The first kappa shape index (κ1) is 15.4. The molecule has 1 saturated carbocycles. The van der Waals surface area contributed by atoms with Gasteiger partial charge in [0.15, 0.2) is 0 Å². The second-order valence-corrected chi connectivity index (χ2v) is 4.92. The van der Waals surface area contributed by atoms with Crippen molar-refractivity contribution in [3.05, 3.63) is 0 Å². The van der Waals surface area contributed by atoms with Gasteiger partial charge in [0.05, 0.1) is 13.2 Å². The van der Waals surface area contributed by atoms with Crippen LogP contribution in [-0.2, 0) is 14.3 Å². The molecule has 106 valence electrons. The van der Waals surface area contributed by atoms with Gasteiger partial charge in [-0.2, -0.15) is 0 Å². The number of hydrogen-bond donors (Lipinski definition) is 1. The van der Waals surface area contributed by atoms with Crippen molar-refractivity contribution in [1.29, 1.82) is 0 Å². The number of nitrogens with zero attached hydrogens (tertiary/aromatic N) is 1. The fourth-order valence-corrected chi connectivity index (χ4v) is 2.12. The molecule has 2 atom stereocenters. The van der Waals surface area contributed by atoms with E-state index in [2.05, 4.69) is 11.8 Å². The van der Waals surface area contributed by atoms with Crippen molar-refractivity contribution in [3.63, 3.8) is 0 Å². The molecule has 0 saturated heterocycles. The molecule has 2 unspecified atom stereocenters. The van der Waals surface area contributed by atoms with E-state index in [1.54, 1.807) is 14.0 Å². The van der Waals surface area contributed by atoms with Gasteiger partial charge in [-0.1, -0.05) is 0 Å². The Balaban J connectivity index is 2.45. The summed E-state index contributed by atoms with van der Waals surface area (Å²) >= 11 is 0. The normalized spacial score (nSPS) is 18.7. The van der Waals surface area contributed by atoms with Gasteiger partial charge in [-0.25, -0.2) is 0 Å². The average molecular weight is 258 g/mol. The monoisotopic (exact) mass is 258 g/mol. The molecule has 0 spiro atoms. The number of ether oxygens (including phenoxy) is 2. The predicted molar refractivity (Wildman–Crippen MR) is 70.2 cm³/mol. The number of esters is 1. The van der Waals surface area contributed by atoms with E-state index in [9.17, 15) is 4.79 Å². The third kappa shape index (κ3) is 4.92. The van der Waals surface area contributed by atoms with Crippen molar-refractivity contribution < 1.29 is 14.3 Å². The molecule has 0 bridgehead atoms. The molecule has 0 aromatic carbocycles. The van der Waals surface area contributed by atoms with Crippen LogP contribution in [0.2, 0.25) is 0 Å². The highest BCUT2D eigenvalue weighted by Gasteiger charge is 2.33. The maximum Gasteiger partial charge on any atom is 0.324 e. The molecule has 5 heteroatoms. The highest BCUT2D eigenvalue weighted by molar-refractivity contribution is 5.75. The SMILES string of the molecule is CCOC(=O)C(N)CN(CCOC)C(C)C1CC1. The number of carbonyl (C=O) groups excluding carboxylic acids is 1. The maximum atomic E-state index is 11.6. The second-order valence-electron chi connectivity index (χ2n) is 4.92. The van der Waals surface area contributed by atoms with Crippen LogP contribution in [0.25, 0.3) is 0 Å². The third-order valence-electron chi connectivity index (χ3n) is 3.48. The Bertz CT molecular complexity index is 257. The maximum absolute atomic E-state index is 11.6. The molecule has 18 heavy (non-hydrogen) atoms. The van der Waals surface area contributed by atoms with Crippen LogP contribution in [-0.4, -0.2) is 56.4 Å². The van der Waals surface area contributed by atoms with Crippen LogP contribution >= 0.6 is 0 Å². The van der Waals surface area contributed by atoms with Gasteiger partial charge in [-0.15, -0.1) is 0 Å². The Morgan fingerprint density at radius 2 is 2.17 bits per heavy atom. The summed E-state index contributed by atoms with van der Waals surface area (Å²) in [7, 11) is 1.69. The van der Waals surface area contributed by atoms with Crippen LogP contribution in [0.15, 0.2) is 0 Å². The minimum absolute atomic E-state index is 0.317. The first-order valence-corrected chi connectivity index (χ1v) is 6.75. The Morgan fingerprint density at radius 3 is 2.67 bits per heavy atom. The first-order chi connectivity index (χ1) is 8.60. The summed E-state index contributed by atoms with van der Waals surface area (Å²) in [6, 6.07) is -0.108. The molecule has 0 aromatic rings. The third-order valence-corrected chi connectivity index (χ3v) is 3.48. The lowest BCUT2D eigenvalue weighted by Gasteiger charge is -2.30. The summed E-state index contributed by atoms with van der Waals surface area (Å²) < 4.78 is 10.1. The highest BCUT2D eigenvalue weighted by Crippen LogP contribution is 2.35. The topological polar surface area (TPSA) is 64.8 Å². The molecule has 1 fully saturated rings. The van der Waals surface area contributed by atoms with Crippen molar-refractivity contribution in [2.24, 2.45) is 11.7 Å². The van der Waals surface area contributed by atoms with E-state index in [0.717, 1.165) is 12.5 Å². The second kappa shape index (κ2) is 7.71. The molecule has 5 nitrogen and oxygen atoms in total. The molecular weight excluding hydrogens is 232 g/mol. The van der Waals surface area contributed by atoms with Crippen LogP contribution in [0, 0.1) is 5.92 Å².